The lowest BCUT2D eigenvalue weighted by Gasteiger charge is -2.18. The first-order chi connectivity index (χ1) is 9.97. The normalized spacial score (nSPS) is 11.8. The fraction of sp³-hybridized carbons (Fsp3) is 0.188. The van der Waals surface area contributed by atoms with Gasteiger partial charge in [0, 0.05) is 24.5 Å². The highest BCUT2D eigenvalue weighted by Crippen LogP contribution is 2.17. The molecule has 0 radical (unpaired) electrons. The van der Waals surface area contributed by atoms with Crippen LogP contribution in [0.25, 0.3) is 0 Å². The van der Waals surface area contributed by atoms with Crippen molar-refractivity contribution >= 4 is 17.4 Å². The lowest BCUT2D eigenvalue weighted by atomic mass is 10.1. The van der Waals surface area contributed by atoms with Crippen molar-refractivity contribution in [3.63, 3.8) is 0 Å². The number of nitrogens with zero attached hydrogens (tertiary/aromatic N) is 1. The van der Waals surface area contributed by atoms with Crippen molar-refractivity contribution in [2.75, 3.05) is 17.3 Å². The van der Waals surface area contributed by atoms with E-state index in [4.69, 9.17) is 5.73 Å². The van der Waals surface area contributed by atoms with Crippen molar-refractivity contribution in [2.24, 2.45) is 5.73 Å². The van der Waals surface area contributed by atoms with Gasteiger partial charge in [0.05, 0.1) is 0 Å². The third-order valence-electron chi connectivity index (χ3n) is 3.21. The third-order valence-corrected chi connectivity index (χ3v) is 3.21. The Morgan fingerprint density at radius 2 is 1.71 bits per heavy atom. The molecule has 0 aliphatic heterocycles. The van der Waals surface area contributed by atoms with Gasteiger partial charge < -0.3 is 11.1 Å². The average molecular weight is 287 g/mol. The second-order valence-electron chi connectivity index (χ2n) is 4.88. The number of amides is 2. The molecule has 2 rings (SSSR count). The third kappa shape index (κ3) is 3.79. The molecule has 21 heavy (non-hydrogen) atoms. The Balaban J connectivity index is 2.05. The molecule has 5 heteroatoms. The Morgan fingerprint density at radius 1 is 1.14 bits per heavy atom. The molecule has 1 unspecified atom stereocenters. The van der Waals surface area contributed by atoms with E-state index < -0.39 is 0 Å². The number of rotatable bonds is 3. The highest BCUT2D eigenvalue weighted by Gasteiger charge is 2.11. The van der Waals surface area contributed by atoms with Crippen molar-refractivity contribution in [3.05, 3.63) is 59.9 Å². The minimum absolute atomic E-state index is 0.0448. The minimum Gasteiger partial charge on any atom is -0.324 e. The molecule has 3 N–H and O–H groups in total. The molecule has 0 aromatic heterocycles. The summed E-state index contributed by atoms with van der Waals surface area (Å²) in [6, 6.07) is 12.7. The van der Waals surface area contributed by atoms with Gasteiger partial charge in [-0.15, -0.1) is 0 Å². The van der Waals surface area contributed by atoms with Gasteiger partial charge in [-0.05, 0) is 48.9 Å². The van der Waals surface area contributed by atoms with Gasteiger partial charge in [-0.3, -0.25) is 4.90 Å². The van der Waals surface area contributed by atoms with E-state index in [1.54, 1.807) is 31.3 Å². The number of hydrogen-bond acceptors (Lipinski definition) is 2. The number of carbonyl (C=O) groups excluding carboxylic acids is 1. The zero-order valence-electron chi connectivity index (χ0n) is 12.0. The molecule has 1 atom stereocenters. The van der Waals surface area contributed by atoms with Crippen LogP contribution >= 0.6 is 0 Å². The lowest BCUT2D eigenvalue weighted by Crippen LogP contribution is -2.31. The highest BCUT2D eigenvalue weighted by atomic mass is 19.1. The number of urea groups is 1. The smallest absolute Gasteiger partial charge is 0.324 e. The monoisotopic (exact) mass is 287 g/mol. The lowest BCUT2D eigenvalue weighted by molar-refractivity contribution is 0.258. The summed E-state index contributed by atoms with van der Waals surface area (Å²) in [5.41, 5.74) is 8.07. The average Bonchev–Trinajstić information content (AvgIpc) is 2.47. The van der Waals surface area contributed by atoms with E-state index in [0.717, 1.165) is 5.56 Å². The standard InChI is InChI=1S/C16H18FN3O/c1-11(18)12-3-7-14(8-4-12)19-16(21)20(2)15-9-5-13(17)6-10-15/h3-11H,18H2,1-2H3,(H,19,21). The minimum atomic E-state index is -0.334. The maximum atomic E-state index is 12.9. The molecule has 0 saturated heterocycles. The molecular weight excluding hydrogens is 269 g/mol. The maximum Gasteiger partial charge on any atom is 0.326 e. The van der Waals surface area contributed by atoms with Crippen molar-refractivity contribution in [1.82, 2.24) is 0 Å². The quantitative estimate of drug-likeness (QED) is 0.907. The molecule has 2 amide bonds. The first-order valence-electron chi connectivity index (χ1n) is 6.63. The summed E-state index contributed by atoms with van der Waals surface area (Å²) in [5.74, 6) is -0.334. The molecule has 0 aliphatic carbocycles. The van der Waals surface area contributed by atoms with Crippen LogP contribution in [0.1, 0.15) is 18.5 Å². The summed E-state index contributed by atoms with van der Waals surface area (Å²) >= 11 is 0. The van der Waals surface area contributed by atoms with Gasteiger partial charge in [-0.2, -0.15) is 0 Å². The zero-order valence-corrected chi connectivity index (χ0v) is 12.0. The molecule has 0 heterocycles. The number of nitrogens with one attached hydrogen (secondary N) is 1. The van der Waals surface area contributed by atoms with Gasteiger partial charge in [0.2, 0.25) is 0 Å². The first kappa shape index (κ1) is 15.0. The molecule has 0 aliphatic rings. The molecule has 2 aromatic carbocycles. The van der Waals surface area contributed by atoms with Crippen LogP contribution in [-0.4, -0.2) is 13.1 Å². The number of benzene rings is 2. The highest BCUT2D eigenvalue weighted by molar-refractivity contribution is 6.01. The second-order valence-corrected chi connectivity index (χ2v) is 4.88. The van der Waals surface area contributed by atoms with Crippen LogP contribution in [0, 0.1) is 5.82 Å². The Labute approximate surface area is 123 Å². The molecule has 4 nitrogen and oxygen atoms in total. The predicted molar refractivity (Wildman–Crippen MR) is 82.9 cm³/mol. The molecule has 0 fully saturated rings. The van der Waals surface area contributed by atoms with Crippen molar-refractivity contribution in [3.8, 4) is 0 Å². The maximum absolute atomic E-state index is 12.9. The van der Waals surface area contributed by atoms with Crippen molar-refractivity contribution in [1.29, 1.82) is 0 Å². The van der Waals surface area contributed by atoms with Crippen LogP contribution in [0.4, 0.5) is 20.6 Å². The summed E-state index contributed by atoms with van der Waals surface area (Å²) in [6.07, 6.45) is 0. The molecule has 0 saturated carbocycles. The Kier molecular flexibility index (Phi) is 4.55. The zero-order chi connectivity index (χ0) is 15.4. The van der Waals surface area contributed by atoms with E-state index in [2.05, 4.69) is 5.32 Å². The van der Waals surface area contributed by atoms with Gasteiger partial charge in [-0.25, -0.2) is 9.18 Å². The van der Waals surface area contributed by atoms with E-state index >= 15 is 0 Å². The number of nitrogens with two attached hydrogens (primary N) is 1. The first-order valence-corrected chi connectivity index (χ1v) is 6.63. The van der Waals surface area contributed by atoms with Crippen LogP contribution in [-0.2, 0) is 0 Å². The fourth-order valence-electron chi connectivity index (χ4n) is 1.86. The van der Waals surface area contributed by atoms with Crippen molar-refractivity contribution in [2.45, 2.75) is 13.0 Å². The van der Waals surface area contributed by atoms with Gasteiger partial charge in [0.25, 0.3) is 0 Å². The summed E-state index contributed by atoms with van der Waals surface area (Å²) in [6.45, 7) is 1.90. The van der Waals surface area contributed by atoms with E-state index in [-0.39, 0.29) is 17.9 Å². The van der Waals surface area contributed by atoms with Crippen molar-refractivity contribution < 1.29 is 9.18 Å². The number of anilines is 2. The number of hydrogen-bond donors (Lipinski definition) is 2. The predicted octanol–water partition coefficient (Wildman–Crippen LogP) is 3.51. The Bertz CT molecular complexity index is 608. The SMILES string of the molecule is CC(N)c1ccc(NC(=O)N(C)c2ccc(F)cc2)cc1. The van der Waals surface area contributed by atoms with Crippen LogP contribution in [0.3, 0.4) is 0 Å². The Morgan fingerprint density at radius 3 is 2.24 bits per heavy atom. The number of halogens is 1. The molecule has 2 aromatic rings. The van der Waals surface area contributed by atoms with E-state index in [9.17, 15) is 9.18 Å². The molecule has 110 valence electrons. The van der Waals surface area contributed by atoms with Gasteiger partial charge in [0.15, 0.2) is 0 Å². The van der Waals surface area contributed by atoms with Crippen LogP contribution in [0.2, 0.25) is 0 Å². The van der Waals surface area contributed by atoms with Gasteiger partial charge in [-0.1, -0.05) is 12.1 Å². The summed E-state index contributed by atoms with van der Waals surface area (Å²) in [4.78, 5) is 13.5. The molecular formula is C16H18FN3O. The van der Waals surface area contributed by atoms with Gasteiger partial charge in [0.1, 0.15) is 5.82 Å². The second kappa shape index (κ2) is 6.37. The molecule has 0 bridgehead atoms. The summed E-state index contributed by atoms with van der Waals surface area (Å²) < 4.78 is 12.9. The largest absolute Gasteiger partial charge is 0.326 e. The van der Waals surface area contributed by atoms with Crippen LogP contribution < -0.4 is 16.0 Å². The van der Waals surface area contributed by atoms with E-state index in [0.29, 0.717) is 11.4 Å². The van der Waals surface area contributed by atoms with E-state index in [1.165, 1.54) is 17.0 Å². The summed E-state index contributed by atoms with van der Waals surface area (Å²) in [7, 11) is 1.62. The van der Waals surface area contributed by atoms with Crippen LogP contribution in [0.5, 0.6) is 0 Å². The number of carbonyl (C=O) groups is 1. The molecule has 0 spiro atoms. The van der Waals surface area contributed by atoms with E-state index in [1.807, 2.05) is 19.1 Å². The Hall–Kier alpha value is -2.40. The summed E-state index contributed by atoms with van der Waals surface area (Å²) in [5, 5.41) is 2.77. The topological polar surface area (TPSA) is 58.4 Å². The van der Waals surface area contributed by atoms with Gasteiger partial charge >= 0.3 is 6.03 Å². The fourth-order valence-corrected chi connectivity index (χ4v) is 1.86. The van der Waals surface area contributed by atoms with Crippen LogP contribution in [0.15, 0.2) is 48.5 Å².